The van der Waals surface area contributed by atoms with E-state index in [0.717, 1.165) is 32.5 Å². The Kier molecular flexibility index (Phi) is 7.52. The van der Waals surface area contributed by atoms with E-state index in [2.05, 4.69) is 66.5 Å². The van der Waals surface area contributed by atoms with Gasteiger partial charge in [-0.2, -0.15) is 0 Å². The van der Waals surface area contributed by atoms with Gasteiger partial charge in [-0.3, -0.25) is 9.69 Å². The third-order valence-electron chi connectivity index (χ3n) is 7.34. The average molecular weight is 451 g/mol. The van der Waals surface area contributed by atoms with Gasteiger partial charge in [0.25, 0.3) is 0 Å². The van der Waals surface area contributed by atoms with Crippen molar-refractivity contribution in [1.29, 1.82) is 0 Å². The molecular formula is C28H38N2O3. The van der Waals surface area contributed by atoms with E-state index >= 15 is 0 Å². The van der Waals surface area contributed by atoms with Gasteiger partial charge in [-0.15, -0.1) is 0 Å². The average Bonchev–Trinajstić information content (AvgIpc) is 3.04. The van der Waals surface area contributed by atoms with E-state index in [0.29, 0.717) is 19.6 Å². The van der Waals surface area contributed by atoms with Crippen molar-refractivity contribution in [3.8, 4) is 0 Å². The number of rotatable bonds is 8. The van der Waals surface area contributed by atoms with Gasteiger partial charge < -0.3 is 14.8 Å². The lowest BCUT2D eigenvalue weighted by Gasteiger charge is -2.44. The second kappa shape index (κ2) is 10.4. The number of carbonyl (C=O) groups is 1. The van der Waals surface area contributed by atoms with Crippen LogP contribution < -0.4 is 5.32 Å². The summed E-state index contributed by atoms with van der Waals surface area (Å²) in [5.41, 5.74) is 6.50. The fourth-order valence-electron chi connectivity index (χ4n) is 5.88. The Morgan fingerprint density at radius 1 is 1.09 bits per heavy atom. The van der Waals surface area contributed by atoms with Crippen molar-refractivity contribution in [2.24, 2.45) is 0 Å². The van der Waals surface area contributed by atoms with Gasteiger partial charge in [0, 0.05) is 25.5 Å². The lowest BCUT2D eigenvalue weighted by molar-refractivity contribution is -0.124. The normalized spacial score (nSPS) is 21.8. The number of amides is 1. The molecule has 1 heterocycles. The number of nitrogens with one attached hydrogen (secondary N) is 1. The molecule has 1 aliphatic carbocycles. The van der Waals surface area contributed by atoms with Crippen LogP contribution in [-0.4, -0.2) is 50.3 Å². The Bertz CT molecular complexity index is 945. The highest BCUT2D eigenvalue weighted by Crippen LogP contribution is 2.52. The van der Waals surface area contributed by atoms with Crippen molar-refractivity contribution in [3.63, 3.8) is 0 Å². The highest BCUT2D eigenvalue weighted by Gasteiger charge is 2.54. The van der Waals surface area contributed by atoms with Crippen LogP contribution in [0.2, 0.25) is 0 Å². The molecule has 5 heteroatoms. The summed E-state index contributed by atoms with van der Waals surface area (Å²) < 4.78 is 11.8. The van der Waals surface area contributed by atoms with Crippen LogP contribution in [0, 0.1) is 13.8 Å². The topological polar surface area (TPSA) is 50.8 Å². The molecule has 33 heavy (non-hydrogen) atoms. The van der Waals surface area contributed by atoms with Gasteiger partial charge in [-0.05, 0) is 56.5 Å². The molecule has 1 spiro atoms. The van der Waals surface area contributed by atoms with Gasteiger partial charge in [0.2, 0.25) is 5.91 Å². The number of fused-ring (bicyclic) bond motifs is 2. The molecule has 178 valence electrons. The third-order valence-corrected chi connectivity index (χ3v) is 7.34. The van der Waals surface area contributed by atoms with E-state index in [1.165, 1.54) is 27.8 Å². The van der Waals surface area contributed by atoms with Gasteiger partial charge in [0.1, 0.15) is 0 Å². The fraction of sp³-hybridized carbons (Fsp3) is 0.536. The van der Waals surface area contributed by atoms with Gasteiger partial charge in [-0.1, -0.05) is 60.5 Å². The molecule has 2 atom stereocenters. The lowest BCUT2D eigenvalue weighted by Crippen LogP contribution is -2.51. The maximum atomic E-state index is 12.4. The molecule has 0 saturated carbocycles. The first-order valence-electron chi connectivity index (χ1n) is 12.3. The number of benzene rings is 2. The maximum Gasteiger partial charge on any atom is 0.220 e. The number of aryl methyl sites for hydroxylation is 2. The monoisotopic (exact) mass is 450 g/mol. The Hall–Kier alpha value is -2.21. The molecule has 5 nitrogen and oxygen atoms in total. The van der Waals surface area contributed by atoms with Gasteiger partial charge in [-0.25, -0.2) is 0 Å². The number of hydrogen-bond acceptors (Lipinski definition) is 4. The van der Waals surface area contributed by atoms with E-state index < -0.39 is 0 Å². The summed E-state index contributed by atoms with van der Waals surface area (Å²) in [5.74, 6) is 0.0689. The zero-order chi connectivity index (χ0) is 23.4. The number of hydrogen-bond donors (Lipinski definition) is 1. The Labute approximate surface area is 198 Å². The summed E-state index contributed by atoms with van der Waals surface area (Å²) >= 11 is 0. The second-order valence-electron chi connectivity index (χ2n) is 9.70. The minimum absolute atomic E-state index is 0.0689. The van der Waals surface area contributed by atoms with Crippen LogP contribution in [0.25, 0.3) is 0 Å². The Balaban J connectivity index is 1.58. The van der Waals surface area contributed by atoms with Crippen molar-refractivity contribution < 1.29 is 14.3 Å². The van der Waals surface area contributed by atoms with Crippen molar-refractivity contribution >= 4 is 5.91 Å². The Morgan fingerprint density at radius 3 is 2.45 bits per heavy atom. The van der Waals surface area contributed by atoms with Gasteiger partial charge in [0.05, 0.1) is 25.4 Å². The number of likely N-dealkylation sites (tertiary alicyclic amines) is 1. The van der Waals surface area contributed by atoms with Crippen molar-refractivity contribution in [1.82, 2.24) is 10.2 Å². The quantitative estimate of drug-likeness (QED) is 0.604. The summed E-state index contributed by atoms with van der Waals surface area (Å²) in [5, 5.41) is 3.28. The Morgan fingerprint density at radius 2 is 1.79 bits per heavy atom. The largest absolute Gasteiger partial charge is 0.382 e. The molecule has 1 aliphatic heterocycles. The molecule has 0 aromatic heterocycles. The molecule has 4 rings (SSSR count). The summed E-state index contributed by atoms with van der Waals surface area (Å²) in [7, 11) is 1.70. The standard InChI is InChI=1S/C28H38N2O3/c1-5-25(31)29-26-23-8-6-7-9-24(23)28(27(26)33-15-14-32-4)10-12-30(13-11-28)19-22-17-20(2)16-21(3)18-22/h6-9,16-18,26-27H,5,10-15,19H2,1-4H3,(H,29,31)/t26-,27+/m0/s1. The maximum absolute atomic E-state index is 12.4. The van der Waals surface area contributed by atoms with Crippen LogP contribution in [-0.2, 0) is 26.2 Å². The van der Waals surface area contributed by atoms with E-state index in [1.807, 2.05) is 6.92 Å². The molecule has 1 saturated heterocycles. The van der Waals surface area contributed by atoms with Gasteiger partial charge >= 0.3 is 0 Å². The SMILES string of the molecule is CCC(=O)N[C@H]1c2ccccc2C2(CCN(Cc3cc(C)cc(C)c3)CC2)[C@@H]1OCCOC. The minimum atomic E-state index is -0.114. The van der Waals surface area contributed by atoms with Crippen LogP contribution in [0.5, 0.6) is 0 Å². The third kappa shape index (κ3) is 5.01. The molecule has 0 unspecified atom stereocenters. The second-order valence-corrected chi connectivity index (χ2v) is 9.70. The summed E-state index contributed by atoms with van der Waals surface area (Å²) in [4.78, 5) is 15.0. The smallest absolute Gasteiger partial charge is 0.220 e. The van der Waals surface area contributed by atoms with Crippen LogP contribution in [0.15, 0.2) is 42.5 Å². The first-order valence-corrected chi connectivity index (χ1v) is 12.3. The van der Waals surface area contributed by atoms with Crippen LogP contribution in [0.3, 0.4) is 0 Å². The van der Waals surface area contributed by atoms with E-state index in [9.17, 15) is 4.79 Å². The summed E-state index contributed by atoms with van der Waals surface area (Å²) in [6.45, 7) is 10.3. The molecular weight excluding hydrogens is 412 g/mol. The molecule has 0 bridgehead atoms. The molecule has 1 amide bonds. The lowest BCUT2D eigenvalue weighted by atomic mass is 9.71. The molecule has 2 aliphatic rings. The number of methoxy groups -OCH3 is 1. The molecule has 2 aromatic carbocycles. The molecule has 0 radical (unpaired) electrons. The molecule has 2 aromatic rings. The number of carbonyl (C=O) groups excluding carboxylic acids is 1. The zero-order valence-corrected chi connectivity index (χ0v) is 20.5. The minimum Gasteiger partial charge on any atom is -0.382 e. The predicted molar refractivity (Wildman–Crippen MR) is 131 cm³/mol. The number of nitrogens with zero attached hydrogens (tertiary/aromatic N) is 1. The van der Waals surface area contributed by atoms with E-state index in [-0.39, 0.29) is 23.5 Å². The van der Waals surface area contributed by atoms with Crippen LogP contribution in [0.4, 0.5) is 0 Å². The summed E-state index contributed by atoms with van der Waals surface area (Å²) in [6, 6.07) is 15.3. The van der Waals surface area contributed by atoms with Crippen molar-refractivity contribution in [3.05, 3.63) is 70.3 Å². The highest BCUT2D eigenvalue weighted by molar-refractivity contribution is 5.76. The first kappa shape index (κ1) is 23.9. The first-order chi connectivity index (χ1) is 16.0. The fourth-order valence-corrected chi connectivity index (χ4v) is 5.88. The van der Waals surface area contributed by atoms with E-state index in [4.69, 9.17) is 9.47 Å². The highest BCUT2D eigenvalue weighted by atomic mass is 16.5. The summed E-state index contributed by atoms with van der Waals surface area (Å²) in [6.07, 6.45) is 2.43. The van der Waals surface area contributed by atoms with Crippen LogP contribution in [0.1, 0.15) is 60.0 Å². The van der Waals surface area contributed by atoms with Crippen LogP contribution >= 0.6 is 0 Å². The van der Waals surface area contributed by atoms with Crippen molar-refractivity contribution in [2.45, 2.75) is 64.1 Å². The predicted octanol–water partition coefficient (Wildman–Crippen LogP) is 4.45. The van der Waals surface area contributed by atoms with Gasteiger partial charge in [0.15, 0.2) is 0 Å². The number of piperidine rings is 1. The van der Waals surface area contributed by atoms with Crippen molar-refractivity contribution in [2.75, 3.05) is 33.4 Å². The molecule has 1 N–H and O–H groups in total. The number of ether oxygens (including phenoxy) is 2. The molecule has 1 fully saturated rings. The van der Waals surface area contributed by atoms with E-state index in [1.54, 1.807) is 7.11 Å². The zero-order valence-electron chi connectivity index (χ0n) is 20.5.